The lowest BCUT2D eigenvalue weighted by molar-refractivity contribution is -0.114. The van der Waals surface area contributed by atoms with Crippen LogP contribution in [0, 0.1) is 0 Å². The van der Waals surface area contributed by atoms with Gasteiger partial charge in [0, 0.05) is 12.6 Å². The van der Waals surface area contributed by atoms with E-state index >= 15 is 0 Å². The second-order valence-corrected chi connectivity index (χ2v) is 4.35. The zero-order chi connectivity index (χ0) is 16.3. The summed E-state index contributed by atoms with van der Waals surface area (Å²) >= 11 is 0. The highest BCUT2D eigenvalue weighted by Gasteiger charge is 2.20. The van der Waals surface area contributed by atoms with Crippen LogP contribution in [0.2, 0.25) is 0 Å². The van der Waals surface area contributed by atoms with Crippen molar-refractivity contribution in [2.45, 2.75) is 13.8 Å². The monoisotopic (exact) mass is 304 g/mol. The molecule has 0 atom stereocenters. The van der Waals surface area contributed by atoms with Crippen LogP contribution >= 0.6 is 0 Å². The van der Waals surface area contributed by atoms with E-state index in [4.69, 9.17) is 0 Å². The Hall–Kier alpha value is -3.30. The van der Waals surface area contributed by atoms with E-state index in [1.54, 1.807) is 0 Å². The molecule has 2 amide bonds. The van der Waals surface area contributed by atoms with Gasteiger partial charge in [0.15, 0.2) is 5.78 Å². The second kappa shape index (κ2) is 5.99. The Morgan fingerprint density at radius 2 is 1.82 bits per heavy atom. The number of aromatic amines is 1. The molecule has 0 spiro atoms. The van der Waals surface area contributed by atoms with Gasteiger partial charge in [-0.1, -0.05) is 5.10 Å². The van der Waals surface area contributed by atoms with Crippen molar-refractivity contribution in [2.24, 2.45) is 0 Å². The minimum Gasteiger partial charge on any atom is -0.506 e. The van der Waals surface area contributed by atoms with Crippen LogP contribution < -0.4 is 10.6 Å². The Bertz CT molecular complexity index is 740. The van der Waals surface area contributed by atoms with Crippen LogP contribution in [0.3, 0.4) is 0 Å². The third-order valence-corrected chi connectivity index (χ3v) is 2.62. The number of hydrogen-bond acceptors (Lipinski definition) is 7. The number of rotatable bonds is 4. The Morgan fingerprint density at radius 1 is 1.14 bits per heavy atom. The Balaban J connectivity index is 2.43. The number of nitrogens with zero attached hydrogens (tertiary/aromatic N) is 3. The molecule has 1 aromatic heterocycles. The first kappa shape index (κ1) is 15.1. The van der Waals surface area contributed by atoms with Crippen LogP contribution in [0.15, 0.2) is 12.1 Å². The van der Waals surface area contributed by atoms with Gasteiger partial charge >= 0.3 is 0 Å². The van der Waals surface area contributed by atoms with Gasteiger partial charge in [0.2, 0.25) is 5.91 Å². The van der Waals surface area contributed by atoms with Gasteiger partial charge < -0.3 is 10.4 Å². The van der Waals surface area contributed by atoms with Crippen LogP contribution in [-0.4, -0.2) is 43.3 Å². The van der Waals surface area contributed by atoms with E-state index in [0.29, 0.717) is 0 Å². The van der Waals surface area contributed by atoms with Crippen molar-refractivity contribution in [3.05, 3.63) is 23.3 Å². The number of carbonyl (C=O) groups excluding carboxylic acids is 3. The zero-order valence-electron chi connectivity index (χ0n) is 11.7. The molecular formula is C12H12N6O4. The van der Waals surface area contributed by atoms with Crippen LogP contribution in [0.25, 0.3) is 0 Å². The third kappa shape index (κ3) is 3.23. The van der Waals surface area contributed by atoms with Crippen LogP contribution in [0.4, 0.5) is 11.6 Å². The Labute approximate surface area is 123 Å². The van der Waals surface area contributed by atoms with Crippen molar-refractivity contribution < 1.29 is 19.5 Å². The fraction of sp³-hybridized carbons (Fsp3) is 0.167. The van der Waals surface area contributed by atoms with Gasteiger partial charge in [-0.25, -0.2) is 0 Å². The summed E-state index contributed by atoms with van der Waals surface area (Å²) in [5.41, 5.74) is -0.0977. The van der Waals surface area contributed by atoms with Crippen LogP contribution in [-0.2, 0) is 4.79 Å². The Kier molecular flexibility index (Phi) is 4.11. The normalized spacial score (nSPS) is 10.1. The number of benzene rings is 1. The number of anilines is 2. The smallest absolute Gasteiger partial charge is 0.270 e. The quantitative estimate of drug-likeness (QED) is 0.469. The van der Waals surface area contributed by atoms with Gasteiger partial charge in [0.25, 0.3) is 11.9 Å². The first-order chi connectivity index (χ1) is 10.4. The summed E-state index contributed by atoms with van der Waals surface area (Å²) < 4.78 is 0. The maximum Gasteiger partial charge on any atom is 0.270 e. The van der Waals surface area contributed by atoms with E-state index in [-0.39, 0.29) is 28.7 Å². The summed E-state index contributed by atoms with van der Waals surface area (Å²) in [5, 5.41) is 27.3. The molecule has 10 nitrogen and oxygen atoms in total. The molecule has 114 valence electrons. The minimum atomic E-state index is -0.756. The van der Waals surface area contributed by atoms with Crippen molar-refractivity contribution in [2.75, 3.05) is 10.6 Å². The van der Waals surface area contributed by atoms with E-state index in [9.17, 15) is 19.5 Å². The minimum absolute atomic E-state index is 0.0930. The lowest BCUT2D eigenvalue weighted by Crippen LogP contribution is -2.16. The molecule has 0 fully saturated rings. The summed E-state index contributed by atoms with van der Waals surface area (Å²) in [5.74, 6) is -2.20. The zero-order valence-corrected chi connectivity index (χ0v) is 11.7. The van der Waals surface area contributed by atoms with Crippen molar-refractivity contribution in [3.63, 3.8) is 0 Å². The van der Waals surface area contributed by atoms with E-state index < -0.39 is 17.4 Å². The highest BCUT2D eigenvalue weighted by Crippen LogP contribution is 2.28. The van der Waals surface area contributed by atoms with E-state index in [2.05, 4.69) is 31.3 Å². The number of nitrogens with one attached hydrogen (secondary N) is 3. The van der Waals surface area contributed by atoms with Crippen molar-refractivity contribution >= 4 is 29.2 Å². The van der Waals surface area contributed by atoms with E-state index in [0.717, 1.165) is 0 Å². The number of carbonyl (C=O) groups is 3. The summed E-state index contributed by atoms with van der Waals surface area (Å²) in [6.07, 6.45) is 0. The highest BCUT2D eigenvalue weighted by molar-refractivity contribution is 6.10. The fourth-order valence-electron chi connectivity index (χ4n) is 1.73. The molecule has 0 bridgehead atoms. The standard InChI is InChI=1S/C12H12N6O4/c1-5(19)8-3-7(13-6(2)20)4-9(10(8)21)11(22)14-12-15-17-18-16-12/h3-4,21H,1-2H3,(H,13,20)(H2,14,15,16,17,18,22). The number of tetrazole rings is 1. The predicted molar refractivity (Wildman–Crippen MR) is 74.5 cm³/mol. The average molecular weight is 304 g/mol. The molecule has 0 radical (unpaired) electrons. The number of H-pyrrole nitrogens is 1. The molecule has 0 saturated heterocycles. The van der Waals surface area contributed by atoms with Crippen molar-refractivity contribution in [1.82, 2.24) is 20.6 Å². The number of aromatic nitrogens is 4. The lowest BCUT2D eigenvalue weighted by Gasteiger charge is -2.11. The van der Waals surface area contributed by atoms with Gasteiger partial charge in [-0.15, -0.1) is 5.10 Å². The largest absolute Gasteiger partial charge is 0.506 e. The molecule has 10 heteroatoms. The molecule has 0 saturated carbocycles. The number of amides is 2. The summed E-state index contributed by atoms with van der Waals surface area (Å²) in [6.45, 7) is 2.51. The highest BCUT2D eigenvalue weighted by atomic mass is 16.3. The number of phenolic OH excluding ortho intramolecular Hbond substituents is 1. The first-order valence-electron chi connectivity index (χ1n) is 6.09. The fourth-order valence-corrected chi connectivity index (χ4v) is 1.73. The molecule has 1 heterocycles. The molecule has 4 N–H and O–H groups in total. The van der Waals surface area contributed by atoms with Gasteiger partial charge in [-0.2, -0.15) is 5.21 Å². The van der Waals surface area contributed by atoms with Crippen molar-refractivity contribution in [3.8, 4) is 5.75 Å². The predicted octanol–water partition coefficient (Wildman–Crippen LogP) is 0.319. The average Bonchev–Trinajstić information content (AvgIpc) is 2.92. The van der Waals surface area contributed by atoms with Gasteiger partial charge in [0.1, 0.15) is 5.75 Å². The van der Waals surface area contributed by atoms with Gasteiger partial charge in [0.05, 0.1) is 11.1 Å². The van der Waals surface area contributed by atoms with Crippen LogP contribution in [0.5, 0.6) is 5.75 Å². The van der Waals surface area contributed by atoms with E-state index in [1.807, 2.05) is 0 Å². The number of aromatic hydroxyl groups is 1. The summed E-state index contributed by atoms with van der Waals surface area (Å²) in [6, 6.07) is 2.52. The molecular weight excluding hydrogens is 292 g/mol. The lowest BCUT2D eigenvalue weighted by atomic mass is 10.0. The topological polar surface area (TPSA) is 150 Å². The maximum atomic E-state index is 12.1. The first-order valence-corrected chi connectivity index (χ1v) is 6.09. The maximum absolute atomic E-state index is 12.1. The molecule has 2 aromatic rings. The molecule has 2 rings (SSSR count). The molecule has 1 aromatic carbocycles. The number of ketones is 1. The SMILES string of the molecule is CC(=O)Nc1cc(C(C)=O)c(O)c(C(=O)Nc2nn[nH]n2)c1. The molecule has 0 aliphatic rings. The van der Waals surface area contributed by atoms with Crippen LogP contribution in [0.1, 0.15) is 34.6 Å². The van der Waals surface area contributed by atoms with E-state index in [1.165, 1.54) is 26.0 Å². The molecule has 0 aliphatic carbocycles. The third-order valence-electron chi connectivity index (χ3n) is 2.62. The summed E-state index contributed by atoms with van der Waals surface area (Å²) in [4.78, 5) is 34.8. The second-order valence-electron chi connectivity index (χ2n) is 4.35. The molecule has 22 heavy (non-hydrogen) atoms. The number of hydrogen-bond donors (Lipinski definition) is 4. The number of phenols is 1. The van der Waals surface area contributed by atoms with Crippen molar-refractivity contribution in [1.29, 1.82) is 0 Å². The van der Waals surface area contributed by atoms with Gasteiger partial charge in [-0.05, 0) is 24.3 Å². The van der Waals surface area contributed by atoms with Gasteiger partial charge in [-0.3, -0.25) is 19.7 Å². The summed E-state index contributed by atoms with van der Waals surface area (Å²) in [7, 11) is 0. The molecule has 0 unspecified atom stereocenters. The Morgan fingerprint density at radius 3 is 2.36 bits per heavy atom. The molecule has 0 aliphatic heterocycles. The number of Topliss-reactive ketones (excluding diaryl/α,β-unsaturated/α-hetero) is 1.